The average molecular weight is 278 g/mol. The van der Waals surface area contributed by atoms with Crippen molar-refractivity contribution in [2.45, 2.75) is 0 Å². The SMILES string of the molecule is N#Cc1c(N)[nH]c(=O)c(C#N)c1C(=NN)c1ccccc1. The third kappa shape index (κ3) is 2.31. The number of nitrogens with two attached hydrogens (primary N) is 2. The topological polar surface area (TPSA) is 145 Å². The van der Waals surface area contributed by atoms with Crippen molar-refractivity contribution in [1.29, 1.82) is 10.5 Å². The van der Waals surface area contributed by atoms with Gasteiger partial charge in [0.05, 0.1) is 0 Å². The van der Waals surface area contributed by atoms with Crippen LogP contribution in [0.2, 0.25) is 0 Å². The molecule has 102 valence electrons. The summed E-state index contributed by atoms with van der Waals surface area (Å²) in [6.07, 6.45) is 0. The van der Waals surface area contributed by atoms with Gasteiger partial charge in [0.25, 0.3) is 5.56 Å². The van der Waals surface area contributed by atoms with Gasteiger partial charge in [-0.05, 0) is 0 Å². The van der Waals surface area contributed by atoms with Gasteiger partial charge in [-0.1, -0.05) is 30.3 Å². The zero-order valence-corrected chi connectivity index (χ0v) is 10.8. The predicted octanol–water partition coefficient (Wildman–Crippen LogP) is 0.412. The van der Waals surface area contributed by atoms with Crippen molar-refractivity contribution in [3.63, 3.8) is 0 Å². The molecule has 5 N–H and O–H groups in total. The Kier molecular flexibility index (Phi) is 3.69. The summed E-state index contributed by atoms with van der Waals surface area (Å²) in [4.78, 5) is 14.1. The Hall–Kier alpha value is -3.58. The van der Waals surface area contributed by atoms with Crippen LogP contribution in [0.15, 0.2) is 40.2 Å². The Morgan fingerprint density at radius 3 is 2.29 bits per heavy atom. The number of nitrogens with zero attached hydrogens (tertiary/aromatic N) is 3. The molecule has 0 aliphatic heterocycles. The molecule has 2 aromatic rings. The molecule has 7 nitrogen and oxygen atoms in total. The number of hydrazone groups is 1. The number of rotatable bonds is 2. The molecule has 1 heterocycles. The number of hydrogen-bond acceptors (Lipinski definition) is 6. The first-order valence-corrected chi connectivity index (χ1v) is 5.83. The average Bonchev–Trinajstić information content (AvgIpc) is 2.49. The van der Waals surface area contributed by atoms with Gasteiger partial charge < -0.3 is 16.6 Å². The summed E-state index contributed by atoms with van der Waals surface area (Å²) >= 11 is 0. The number of hydrogen-bond donors (Lipinski definition) is 3. The van der Waals surface area contributed by atoms with Gasteiger partial charge in [0.1, 0.15) is 34.8 Å². The molecule has 0 radical (unpaired) electrons. The van der Waals surface area contributed by atoms with Gasteiger partial charge >= 0.3 is 0 Å². The van der Waals surface area contributed by atoms with E-state index in [-0.39, 0.29) is 28.2 Å². The largest absolute Gasteiger partial charge is 0.384 e. The number of pyridine rings is 1. The van der Waals surface area contributed by atoms with E-state index < -0.39 is 5.56 Å². The molecule has 0 bridgehead atoms. The molecule has 0 spiro atoms. The lowest BCUT2D eigenvalue weighted by molar-refractivity contribution is 1.18. The number of nitrogen functional groups attached to an aromatic ring is 1. The maximum Gasteiger partial charge on any atom is 0.268 e. The fourth-order valence-electron chi connectivity index (χ4n) is 1.96. The van der Waals surface area contributed by atoms with Gasteiger partial charge in [0.15, 0.2) is 0 Å². The van der Waals surface area contributed by atoms with E-state index in [0.717, 1.165) is 0 Å². The molecule has 0 amide bonds. The lowest BCUT2D eigenvalue weighted by atomic mass is 9.95. The van der Waals surface area contributed by atoms with E-state index in [1.165, 1.54) is 0 Å². The van der Waals surface area contributed by atoms with Gasteiger partial charge in [-0.25, -0.2) is 0 Å². The first-order chi connectivity index (χ1) is 10.1. The highest BCUT2D eigenvalue weighted by Gasteiger charge is 2.22. The molecule has 7 heteroatoms. The Morgan fingerprint density at radius 1 is 1.14 bits per heavy atom. The molecule has 0 saturated heterocycles. The summed E-state index contributed by atoms with van der Waals surface area (Å²) in [5.74, 6) is 5.27. The maximum absolute atomic E-state index is 11.8. The van der Waals surface area contributed by atoms with E-state index in [4.69, 9.17) is 11.6 Å². The molecular weight excluding hydrogens is 268 g/mol. The minimum atomic E-state index is -0.693. The van der Waals surface area contributed by atoms with Crippen molar-refractivity contribution in [3.05, 3.63) is 62.9 Å². The highest BCUT2D eigenvalue weighted by atomic mass is 16.1. The third-order valence-corrected chi connectivity index (χ3v) is 2.88. The van der Waals surface area contributed by atoms with Crippen LogP contribution in [0.3, 0.4) is 0 Å². The molecule has 21 heavy (non-hydrogen) atoms. The highest BCUT2D eigenvalue weighted by Crippen LogP contribution is 2.20. The summed E-state index contributed by atoms with van der Waals surface area (Å²) < 4.78 is 0. The molecular formula is C14H10N6O. The van der Waals surface area contributed by atoms with Crippen LogP contribution < -0.4 is 17.1 Å². The Morgan fingerprint density at radius 2 is 1.76 bits per heavy atom. The number of H-pyrrole nitrogens is 1. The van der Waals surface area contributed by atoms with Crippen LogP contribution in [0.25, 0.3) is 0 Å². The van der Waals surface area contributed by atoms with Gasteiger partial charge in [0.2, 0.25) is 0 Å². The Balaban J connectivity index is 2.89. The third-order valence-electron chi connectivity index (χ3n) is 2.88. The van der Waals surface area contributed by atoms with Crippen molar-refractivity contribution in [2.75, 3.05) is 5.73 Å². The van der Waals surface area contributed by atoms with Crippen molar-refractivity contribution < 1.29 is 0 Å². The molecule has 0 aliphatic carbocycles. The lowest BCUT2D eigenvalue weighted by Gasteiger charge is -2.10. The molecule has 1 aromatic heterocycles. The second-order valence-electron chi connectivity index (χ2n) is 4.06. The van der Waals surface area contributed by atoms with Crippen molar-refractivity contribution >= 4 is 11.5 Å². The normalized spacial score (nSPS) is 10.7. The highest BCUT2D eigenvalue weighted by molar-refractivity contribution is 6.15. The first-order valence-electron chi connectivity index (χ1n) is 5.83. The van der Waals surface area contributed by atoms with Crippen LogP contribution in [-0.4, -0.2) is 10.7 Å². The molecule has 0 aliphatic rings. The van der Waals surface area contributed by atoms with E-state index in [9.17, 15) is 15.3 Å². The summed E-state index contributed by atoms with van der Waals surface area (Å²) in [6, 6.07) is 12.3. The van der Waals surface area contributed by atoms with Crippen LogP contribution in [0.1, 0.15) is 22.3 Å². The van der Waals surface area contributed by atoms with E-state index in [0.29, 0.717) is 5.56 Å². The van der Waals surface area contributed by atoms with E-state index in [2.05, 4.69) is 10.1 Å². The second-order valence-corrected chi connectivity index (χ2v) is 4.06. The quantitative estimate of drug-likeness (QED) is 0.414. The van der Waals surface area contributed by atoms with Crippen LogP contribution in [0.4, 0.5) is 5.82 Å². The van der Waals surface area contributed by atoms with Gasteiger partial charge in [-0.2, -0.15) is 15.6 Å². The summed E-state index contributed by atoms with van der Waals surface area (Å²) in [6.45, 7) is 0. The molecule has 0 unspecified atom stereocenters. The standard InChI is InChI=1S/C14H10N6O/c15-6-9-11(10(7-16)14(21)19-13(9)17)12(20-18)8-4-2-1-3-5-8/h1-5H,18H2,(H3,17,19,21). The number of benzene rings is 1. The van der Waals surface area contributed by atoms with Gasteiger partial charge in [-0.3, -0.25) is 4.79 Å². The summed E-state index contributed by atoms with van der Waals surface area (Å²) in [5.41, 5.74) is 5.41. The van der Waals surface area contributed by atoms with E-state index in [1.807, 2.05) is 6.07 Å². The maximum atomic E-state index is 11.8. The van der Waals surface area contributed by atoms with Gasteiger partial charge in [0, 0.05) is 11.1 Å². The molecule has 0 fully saturated rings. The van der Waals surface area contributed by atoms with E-state index >= 15 is 0 Å². The van der Waals surface area contributed by atoms with Crippen LogP contribution >= 0.6 is 0 Å². The number of nitrogens with one attached hydrogen (secondary N) is 1. The van der Waals surface area contributed by atoms with Crippen molar-refractivity contribution in [1.82, 2.24) is 4.98 Å². The smallest absolute Gasteiger partial charge is 0.268 e. The zero-order chi connectivity index (χ0) is 15.4. The molecule has 0 atom stereocenters. The number of nitriles is 2. The van der Waals surface area contributed by atoms with Crippen molar-refractivity contribution in [3.8, 4) is 12.1 Å². The van der Waals surface area contributed by atoms with Crippen LogP contribution in [-0.2, 0) is 0 Å². The molecule has 2 rings (SSSR count). The second kappa shape index (κ2) is 5.59. The predicted molar refractivity (Wildman–Crippen MR) is 77.2 cm³/mol. The molecule has 0 saturated carbocycles. The van der Waals surface area contributed by atoms with E-state index in [1.54, 1.807) is 36.4 Å². The lowest BCUT2D eigenvalue weighted by Crippen LogP contribution is -2.22. The van der Waals surface area contributed by atoms with Crippen LogP contribution in [0.5, 0.6) is 0 Å². The Bertz CT molecular complexity index is 852. The fraction of sp³-hybridized carbons (Fsp3) is 0. The number of aromatic nitrogens is 1. The minimum absolute atomic E-state index is 0.0370. The summed E-state index contributed by atoms with van der Waals surface area (Å²) in [7, 11) is 0. The monoisotopic (exact) mass is 278 g/mol. The van der Waals surface area contributed by atoms with Gasteiger partial charge in [-0.15, -0.1) is 0 Å². The number of aromatic amines is 1. The number of anilines is 1. The zero-order valence-electron chi connectivity index (χ0n) is 10.8. The Labute approximate surface area is 119 Å². The van der Waals surface area contributed by atoms with Crippen LogP contribution in [0, 0.1) is 22.7 Å². The minimum Gasteiger partial charge on any atom is -0.384 e. The molecule has 1 aromatic carbocycles. The summed E-state index contributed by atoms with van der Waals surface area (Å²) in [5, 5.41) is 22.1. The first kappa shape index (κ1) is 13.8. The fourth-order valence-corrected chi connectivity index (χ4v) is 1.96. The van der Waals surface area contributed by atoms with Crippen molar-refractivity contribution in [2.24, 2.45) is 10.9 Å².